The predicted octanol–water partition coefficient (Wildman–Crippen LogP) is 1.96. The summed E-state index contributed by atoms with van der Waals surface area (Å²) in [6, 6.07) is 4.16. The molecular weight excluding hydrogens is 358 g/mol. The van der Waals surface area contributed by atoms with Crippen molar-refractivity contribution in [3.05, 3.63) is 42.5 Å². The van der Waals surface area contributed by atoms with E-state index in [0.717, 1.165) is 48.2 Å². The van der Waals surface area contributed by atoms with Crippen molar-refractivity contribution in [1.29, 1.82) is 0 Å². The Morgan fingerprint density at radius 3 is 3.00 bits per heavy atom. The molecule has 1 aliphatic rings. The highest BCUT2D eigenvalue weighted by atomic mass is 16.5. The summed E-state index contributed by atoms with van der Waals surface area (Å²) in [7, 11) is 0. The minimum Gasteiger partial charge on any atom is -0.381 e. The number of rotatable bonds is 4. The topological polar surface area (TPSA) is 123 Å². The third kappa shape index (κ3) is 2.85. The van der Waals surface area contributed by atoms with Crippen LogP contribution in [0.15, 0.2) is 36.9 Å². The molecule has 4 aromatic heterocycles. The Morgan fingerprint density at radius 1 is 1.32 bits per heavy atom. The Balaban J connectivity index is 1.50. The lowest BCUT2D eigenvalue weighted by Crippen LogP contribution is -2.28. The van der Waals surface area contributed by atoms with E-state index in [2.05, 4.69) is 25.4 Å². The number of H-pyrrole nitrogens is 1. The number of aromatic amines is 1. The van der Waals surface area contributed by atoms with Gasteiger partial charge in [-0.1, -0.05) is 0 Å². The number of aromatic nitrogens is 5. The molecule has 0 unspecified atom stereocenters. The normalized spacial score (nSPS) is 15.3. The van der Waals surface area contributed by atoms with E-state index in [-0.39, 0.29) is 0 Å². The van der Waals surface area contributed by atoms with Crippen LogP contribution in [0.5, 0.6) is 0 Å². The highest BCUT2D eigenvalue weighted by Crippen LogP contribution is 2.29. The Bertz CT molecular complexity index is 1170. The molecule has 1 amide bonds. The van der Waals surface area contributed by atoms with E-state index in [0.29, 0.717) is 23.1 Å². The molecule has 0 bridgehead atoms. The Morgan fingerprint density at radius 2 is 2.18 bits per heavy atom. The van der Waals surface area contributed by atoms with E-state index >= 15 is 0 Å². The fourth-order valence-corrected chi connectivity index (χ4v) is 3.58. The summed E-state index contributed by atoms with van der Waals surface area (Å²) in [6.45, 7) is 1.52. The molecule has 0 radical (unpaired) electrons. The second-order valence-corrected chi connectivity index (χ2v) is 6.86. The van der Waals surface area contributed by atoms with Crippen molar-refractivity contribution in [3.8, 4) is 11.1 Å². The number of nitrogens with zero attached hydrogens (tertiary/aromatic N) is 4. The van der Waals surface area contributed by atoms with Gasteiger partial charge in [-0.3, -0.25) is 4.79 Å². The minimum atomic E-state index is -0.502. The smallest absolute Gasteiger partial charge is 0.252 e. The van der Waals surface area contributed by atoms with Gasteiger partial charge in [0.15, 0.2) is 0 Å². The number of amides is 1. The van der Waals surface area contributed by atoms with Gasteiger partial charge < -0.3 is 20.8 Å². The van der Waals surface area contributed by atoms with Crippen LogP contribution in [-0.4, -0.2) is 49.7 Å². The van der Waals surface area contributed by atoms with Crippen LogP contribution in [0, 0.1) is 0 Å². The monoisotopic (exact) mass is 377 g/mol. The van der Waals surface area contributed by atoms with Crippen molar-refractivity contribution in [1.82, 2.24) is 24.6 Å². The number of anilines is 1. The van der Waals surface area contributed by atoms with Crippen molar-refractivity contribution in [3.63, 3.8) is 0 Å². The second-order valence-electron chi connectivity index (χ2n) is 6.86. The molecular formula is C19H19N7O2. The van der Waals surface area contributed by atoms with Gasteiger partial charge in [-0.05, 0) is 30.5 Å². The van der Waals surface area contributed by atoms with E-state index in [1.807, 2.05) is 24.5 Å². The second kappa shape index (κ2) is 6.61. The maximum absolute atomic E-state index is 11.6. The van der Waals surface area contributed by atoms with Gasteiger partial charge in [0.05, 0.1) is 17.3 Å². The van der Waals surface area contributed by atoms with Crippen LogP contribution in [0.1, 0.15) is 23.2 Å². The molecule has 5 rings (SSSR count). The van der Waals surface area contributed by atoms with Crippen LogP contribution in [0.4, 0.5) is 5.95 Å². The zero-order valence-corrected chi connectivity index (χ0v) is 15.1. The van der Waals surface area contributed by atoms with Gasteiger partial charge in [0.1, 0.15) is 5.65 Å². The van der Waals surface area contributed by atoms with E-state index in [1.165, 1.54) is 6.20 Å². The summed E-state index contributed by atoms with van der Waals surface area (Å²) in [5, 5.41) is 8.44. The first kappa shape index (κ1) is 16.7. The predicted molar refractivity (Wildman–Crippen MR) is 104 cm³/mol. The molecule has 5 heterocycles. The van der Waals surface area contributed by atoms with E-state index in [4.69, 9.17) is 10.5 Å². The zero-order chi connectivity index (χ0) is 19.1. The molecule has 0 atom stereocenters. The molecule has 9 nitrogen and oxygen atoms in total. The number of nitrogens with one attached hydrogen (secondary N) is 2. The summed E-state index contributed by atoms with van der Waals surface area (Å²) in [6.07, 6.45) is 8.89. The lowest BCUT2D eigenvalue weighted by Gasteiger charge is -2.22. The van der Waals surface area contributed by atoms with Crippen molar-refractivity contribution in [2.75, 3.05) is 18.5 Å². The maximum Gasteiger partial charge on any atom is 0.252 e. The van der Waals surface area contributed by atoms with Crippen molar-refractivity contribution in [2.24, 2.45) is 5.73 Å². The molecule has 1 fully saturated rings. The molecule has 28 heavy (non-hydrogen) atoms. The third-order valence-corrected chi connectivity index (χ3v) is 5.08. The molecule has 4 N–H and O–H groups in total. The van der Waals surface area contributed by atoms with E-state index in [9.17, 15) is 4.79 Å². The van der Waals surface area contributed by atoms with Gasteiger partial charge in [-0.2, -0.15) is 10.1 Å². The van der Waals surface area contributed by atoms with Gasteiger partial charge in [-0.25, -0.2) is 9.50 Å². The van der Waals surface area contributed by atoms with Gasteiger partial charge in [0.25, 0.3) is 5.91 Å². The van der Waals surface area contributed by atoms with Gasteiger partial charge >= 0.3 is 0 Å². The largest absolute Gasteiger partial charge is 0.381 e. The number of pyridine rings is 1. The SMILES string of the molecule is NC(=O)c1cnn2ccc(-c3c[nH]c4nc(NC5CCOCC5)ncc34)cc12. The molecule has 142 valence electrons. The van der Waals surface area contributed by atoms with Crippen molar-refractivity contribution in [2.45, 2.75) is 18.9 Å². The number of hydrogen-bond donors (Lipinski definition) is 3. The Kier molecular flexibility index (Phi) is 3.94. The van der Waals surface area contributed by atoms with Crippen molar-refractivity contribution >= 4 is 28.4 Å². The van der Waals surface area contributed by atoms with Crippen LogP contribution in [0.25, 0.3) is 27.7 Å². The summed E-state index contributed by atoms with van der Waals surface area (Å²) < 4.78 is 7.02. The average Bonchev–Trinajstić information content (AvgIpc) is 3.32. The molecule has 0 aliphatic carbocycles. The summed E-state index contributed by atoms with van der Waals surface area (Å²) in [5.74, 6) is 0.105. The number of ether oxygens (including phenoxy) is 1. The fraction of sp³-hybridized carbons (Fsp3) is 0.263. The molecule has 1 aliphatic heterocycles. The first-order valence-electron chi connectivity index (χ1n) is 9.15. The van der Waals surface area contributed by atoms with Crippen LogP contribution in [0.2, 0.25) is 0 Å². The van der Waals surface area contributed by atoms with Gasteiger partial charge in [0, 0.05) is 48.8 Å². The summed E-state index contributed by atoms with van der Waals surface area (Å²) >= 11 is 0. The highest BCUT2D eigenvalue weighted by Gasteiger charge is 2.16. The zero-order valence-electron chi connectivity index (χ0n) is 15.1. The molecule has 0 spiro atoms. The third-order valence-electron chi connectivity index (χ3n) is 5.08. The molecule has 1 saturated heterocycles. The molecule has 9 heteroatoms. The highest BCUT2D eigenvalue weighted by molar-refractivity contribution is 6.01. The van der Waals surface area contributed by atoms with E-state index in [1.54, 1.807) is 10.7 Å². The quantitative estimate of drug-likeness (QED) is 0.500. The summed E-state index contributed by atoms with van der Waals surface area (Å²) in [4.78, 5) is 23.9. The first-order chi connectivity index (χ1) is 13.7. The number of nitrogens with two attached hydrogens (primary N) is 1. The average molecular weight is 377 g/mol. The number of hydrogen-bond acceptors (Lipinski definition) is 6. The maximum atomic E-state index is 11.6. The Hall–Kier alpha value is -3.46. The van der Waals surface area contributed by atoms with Crippen LogP contribution < -0.4 is 11.1 Å². The molecule has 0 aromatic carbocycles. The van der Waals surface area contributed by atoms with Gasteiger partial charge in [0.2, 0.25) is 5.95 Å². The lowest BCUT2D eigenvalue weighted by molar-refractivity contribution is 0.0903. The first-order valence-corrected chi connectivity index (χ1v) is 9.15. The van der Waals surface area contributed by atoms with Crippen LogP contribution in [0.3, 0.4) is 0 Å². The molecule has 4 aromatic rings. The van der Waals surface area contributed by atoms with E-state index < -0.39 is 5.91 Å². The fourth-order valence-electron chi connectivity index (χ4n) is 3.58. The number of primary amides is 1. The van der Waals surface area contributed by atoms with Gasteiger partial charge in [-0.15, -0.1) is 0 Å². The number of carbonyl (C=O) groups is 1. The molecule has 0 saturated carbocycles. The van der Waals surface area contributed by atoms with Crippen LogP contribution in [-0.2, 0) is 4.74 Å². The number of fused-ring (bicyclic) bond motifs is 2. The van der Waals surface area contributed by atoms with Crippen LogP contribution >= 0.6 is 0 Å². The van der Waals surface area contributed by atoms with Crippen molar-refractivity contribution < 1.29 is 9.53 Å². The summed E-state index contributed by atoms with van der Waals surface area (Å²) in [5.41, 5.74) is 9.13. The number of carbonyl (C=O) groups excluding carboxylic acids is 1. The minimum absolute atomic E-state index is 0.331. The standard InChI is InChI=1S/C19H19N7O2/c20-17(27)15-10-23-26-4-1-11(7-16(15)26)13-8-21-18-14(13)9-22-19(25-18)24-12-2-5-28-6-3-12/h1,4,7-10,12H,2-3,5-6H2,(H2,20,27)(H2,21,22,24,25). The Labute approximate surface area is 159 Å². The lowest BCUT2D eigenvalue weighted by atomic mass is 10.1.